The zero-order valence-corrected chi connectivity index (χ0v) is 42.1. The average molecular weight is 885 g/mol. The van der Waals surface area contributed by atoms with Crippen LogP contribution in [0.2, 0.25) is 0 Å². The number of hydrogen-bond donors (Lipinski definition) is 0. The number of carbonyl (C=O) groups is 3. The van der Waals surface area contributed by atoms with E-state index in [-0.39, 0.29) is 31.1 Å². The summed E-state index contributed by atoms with van der Waals surface area (Å²) in [5.74, 6) is -0.886. The Morgan fingerprint density at radius 1 is 0.317 bits per heavy atom. The Morgan fingerprint density at radius 3 is 0.921 bits per heavy atom. The molecule has 368 valence electrons. The average Bonchev–Trinajstić information content (AvgIpc) is 3.28. The second-order valence-corrected chi connectivity index (χ2v) is 18.5. The molecule has 0 saturated carbocycles. The summed E-state index contributed by atoms with van der Waals surface area (Å²) in [6, 6.07) is 0. The van der Waals surface area contributed by atoms with Crippen LogP contribution in [0.5, 0.6) is 0 Å². The van der Waals surface area contributed by atoms with Crippen LogP contribution in [-0.2, 0) is 28.6 Å². The largest absolute Gasteiger partial charge is 0.462 e. The SMILES string of the molecule is CCCCC/C=C\C/C=C\CCCCCCCC(=O)OC[C@@H](COC(=O)CCCCCCCCCCCCCCCCC)OC(=O)CCCCCCC/C=C\CCCCCCCC. The van der Waals surface area contributed by atoms with Crippen LogP contribution in [0.15, 0.2) is 36.5 Å². The fourth-order valence-electron chi connectivity index (χ4n) is 7.94. The van der Waals surface area contributed by atoms with Gasteiger partial charge in [-0.2, -0.15) is 0 Å². The van der Waals surface area contributed by atoms with Gasteiger partial charge >= 0.3 is 17.9 Å². The van der Waals surface area contributed by atoms with Gasteiger partial charge in [-0.15, -0.1) is 0 Å². The Hall–Kier alpha value is -2.37. The minimum absolute atomic E-state index is 0.0767. The highest BCUT2D eigenvalue weighted by molar-refractivity contribution is 5.71. The van der Waals surface area contributed by atoms with Gasteiger partial charge in [0.1, 0.15) is 13.2 Å². The van der Waals surface area contributed by atoms with Crippen LogP contribution in [0, 0.1) is 0 Å². The van der Waals surface area contributed by atoms with E-state index in [0.717, 1.165) is 83.5 Å². The Labute approximate surface area is 391 Å². The Bertz CT molecular complexity index is 1060. The molecule has 0 rings (SSSR count). The minimum atomic E-state index is -0.779. The Balaban J connectivity index is 4.38. The molecule has 0 aliphatic carbocycles. The van der Waals surface area contributed by atoms with Crippen LogP contribution in [-0.4, -0.2) is 37.2 Å². The lowest BCUT2D eigenvalue weighted by atomic mass is 10.0. The first kappa shape index (κ1) is 60.6. The molecule has 0 aromatic heterocycles. The summed E-state index contributed by atoms with van der Waals surface area (Å²) in [4.78, 5) is 38.0. The normalized spacial score (nSPS) is 12.2. The second-order valence-electron chi connectivity index (χ2n) is 18.5. The number of carbonyl (C=O) groups excluding carboxylic acids is 3. The second kappa shape index (κ2) is 52.3. The maximum absolute atomic E-state index is 12.8. The fourth-order valence-corrected chi connectivity index (χ4v) is 7.94. The maximum Gasteiger partial charge on any atom is 0.306 e. The molecule has 0 aromatic carbocycles. The van der Waals surface area contributed by atoms with Gasteiger partial charge < -0.3 is 14.2 Å². The van der Waals surface area contributed by atoms with E-state index in [0.29, 0.717) is 19.3 Å². The third kappa shape index (κ3) is 50.5. The van der Waals surface area contributed by atoms with Crippen molar-refractivity contribution in [1.29, 1.82) is 0 Å². The van der Waals surface area contributed by atoms with Crippen molar-refractivity contribution in [3.05, 3.63) is 36.5 Å². The van der Waals surface area contributed by atoms with Crippen molar-refractivity contribution in [2.24, 2.45) is 0 Å². The monoisotopic (exact) mass is 885 g/mol. The van der Waals surface area contributed by atoms with Crippen LogP contribution < -0.4 is 0 Å². The van der Waals surface area contributed by atoms with Gasteiger partial charge in [0, 0.05) is 19.3 Å². The first-order valence-electron chi connectivity index (χ1n) is 27.5. The summed E-state index contributed by atoms with van der Waals surface area (Å²) in [6.45, 7) is 6.62. The molecule has 0 amide bonds. The quantitative estimate of drug-likeness (QED) is 0.0262. The zero-order chi connectivity index (χ0) is 45.8. The molecule has 6 nitrogen and oxygen atoms in total. The molecule has 1 atom stereocenters. The van der Waals surface area contributed by atoms with E-state index in [2.05, 4.69) is 57.2 Å². The van der Waals surface area contributed by atoms with Gasteiger partial charge in [-0.1, -0.05) is 231 Å². The van der Waals surface area contributed by atoms with Gasteiger partial charge in [0.25, 0.3) is 0 Å². The summed E-state index contributed by atoms with van der Waals surface area (Å²) in [5.41, 5.74) is 0. The molecule has 0 aromatic rings. The predicted octanol–water partition coefficient (Wildman–Crippen LogP) is 18.1. The lowest BCUT2D eigenvalue weighted by molar-refractivity contribution is -0.167. The number of hydrogen-bond acceptors (Lipinski definition) is 6. The van der Waals surface area contributed by atoms with E-state index in [9.17, 15) is 14.4 Å². The highest BCUT2D eigenvalue weighted by Crippen LogP contribution is 2.16. The highest BCUT2D eigenvalue weighted by atomic mass is 16.6. The molecule has 0 spiro atoms. The highest BCUT2D eigenvalue weighted by Gasteiger charge is 2.19. The van der Waals surface area contributed by atoms with Gasteiger partial charge in [-0.25, -0.2) is 0 Å². The van der Waals surface area contributed by atoms with E-state index in [1.807, 2.05) is 0 Å². The first-order chi connectivity index (χ1) is 31.0. The van der Waals surface area contributed by atoms with Crippen molar-refractivity contribution < 1.29 is 28.6 Å². The van der Waals surface area contributed by atoms with E-state index in [4.69, 9.17) is 14.2 Å². The third-order valence-corrected chi connectivity index (χ3v) is 12.1. The Kier molecular flexibility index (Phi) is 50.3. The van der Waals surface area contributed by atoms with Gasteiger partial charge in [0.05, 0.1) is 0 Å². The lowest BCUT2D eigenvalue weighted by Crippen LogP contribution is -2.30. The number of allylic oxidation sites excluding steroid dienone is 6. The van der Waals surface area contributed by atoms with Gasteiger partial charge in [0.2, 0.25) is 0 Å². The molecular weight excluding hydrogens is 781 g/mol. The van der Waals surface area contributed by atoms with Crippen LogP contribution >= 0.6 is 0 Å². The van der Waals surface area contributed by atoms with Gasteiger partial charge in [-0.3, -0.25) is 14.4 Å². The summed E-state index contributed by atoms with van der Waals surface area (Å²) >= 11 is 0. The lowest BCUT2D eigenvalue weighted by Gasteiger charge is -2.18. The van der Waals surface area contributed by atoms with Crippen LogP contribution in [0.1, 0.15) is 290 Å². The summed E-state index contributed by atoms with van der Waals surface area (Å²) in [6.07, 6.45) is 61.2. The molecule has 0 bridgehead atoms. The Morgan fingerprint density at radius 2 is 0.571 bits per heavy atom. The molecule has 0 unspecified atom stereocenters. The topological polar surface area (TPSA) is 78.9 Å². The summed E-state index contributed by atoms with van der Waals surface area (Å²) < 4.78 is 16.8. The molecule has 0 fully saturated rings. The first-order valence-corrected chi connectivity index (χ1v) is 27.5. The minimum Gasteiger partial charge on any atom is -0.462 e. The smallest absolute Gasteiger partial charge is 0.306 e. The molecule has 6 heteroatoms. The fraction of sp³-hybridized carbons (Fsp3) is 0.842. The summed E-state index contributed by atoms with van der Waals surface area (Å²) in [7, 11) is 0. The number of esters is 3. The van der Waals surface area contributed by atoms with Gasteiger partial charge in [0.15, 0.2) is 6.10 Å². The van der Waals surface area contributed by atoms with Crippen molar-refractivity contribution in [1.82, 2.24) is 0 Å². The standard InChI is InChI=1S/C57H104O6/c1-4-7-10-13-16-19-22-25-28-31-34-37-40-43-46-49-55(58)61-52-54(63-57(60)51-48-45-42-39-36-33-30-27-24-21-18-15-12-9-6-3)53-62-56(59)50-47-44-41-38-35-32-29-26-23-20-17-14-11-8-5-2/h16,19,25,27-28,30,54H,4-15,17-18,20-24,26,29,31-53H2,1-3H3/b19-16-,28-25-,30-27-/t54-/m0/s1. The molecular formula is C57H104O6. The van der Waals surface area contributed by atoms with E-state index in [1.54, 1.807) is 0 Å². The van der Waals surface area contributed by atoms with Crippen LogP contribution in [0.4, 0.5) is 0 Å². The molecule has 63 heavy (non-hydrogen) atoms. The van der Waals surface area contributed by atoms with E-state index in [1.165, 1.54) is 167 Å². The number of ether oxygens (including phenoxy) is 3. The molecule has 0 saturated heterocycles. The molecule has 0 aliphatic heterocycles. The van der Waals surface area contributed by atoms with Crippen molar-refractivity contribution in [3.63, 3.8) is 0 Å². The van der Waals surface area contributed by atoms with Crippen molar-refractivity contribution in [2.75, 3.05) is 13.2 Å². The molecule has 0 aliphatic rings. The van der Waals surface area contributed by atoms with Gasteiger partial charge in [-0.05, 0) is 77.0 Å². The molecule has 0 N–H and O–H groups in total. The van der Waals surface area contributed by atoms with Crippen LogP contribution in [0.3, 0.4) is 0 Å². The summed E-state index contributed by atoms with van der Waals surface area (Å²) in [5, 5.41) is 0. The number of rotatable bonds is 50. The van der Waals surface area contributed by atoms with Crippen molar-refractivity contribution in [3.8, 4) is 0 Å². The predicted molar refractivity (Wildman–Crippen MR) is 270 cm³/mol. The van der Waals surface area contributed by atoms with E-state index >= 15 is 0 Å². The molecule has 0 radical (unpaired) electrons. The number of unbranched alkanes of at least 4 members (excludes halogenated alkanes) is 33. The molecule has 0 heterocycles. The zero-order valence-electron chi connectivity index (χ0n) is 42.1. The van der Waals surface area contributed by atoms with Crippen LogP contribution in [0.25, 0.3) is 0 Å². The van der Waals surface area contributed by atoms with Crippen molar-refractivity contribution in [2.45, 2.75) is 297 Å². The van der Waals surface area contributed by atoms with E-state index < -0.39 is 6.10 Å². The maximum atomic E-state index is 12.8. The third-order valence-electron chi connectivity index (χ3n) is 12.1. The van der Waals surface area contributed by atoms with Crippen molar-refractivity contribution >= 4 is 17.9 Å².